The van der Waals surface area contributed by atoms with Gasteiger partial charge < -0.3 is 14.1 Å². The minimum absolute atomic E-state index is 0.214. The highest BCUT2D eigenvalue weighted by Crippen LogP contribution is 2.51. The van der Waals surface area contributed by atoms with Crippen LogP contribution in [0.1, 0.15) is 31.7 Å². The van der Waals surface area contributed by atoms with Gasteiger partial charge in [-0.3, -0.25) is 4.79 Å². The van der Waals surface area contributed by atoms with Crippen molar-refractivity contribution in [1.82, 2.24) is 0 Å². The van der Waals surface area contributed by atoms with Crippen LogP contribution in [0.2, 0.25) is 0 Å². The molecule has 3 unspecified atom stereocenters. The first-order valence-electron chi connectivity index (χ1n) is 8.10. The number of aliphatic hydroxyl groups is 1. The van der Waals surface area contributed by atoms with Crippen molar-refractivity contribution in [3.8, 4) is 0 Å². The Morgan fingerprint density at radius 1 is 1.48 bits per heavy atom. The standard InChI is InChI=1S/C17H22INO3S/c1-2-22-16(21)13-7-8-17(15(13)20)9-10-19(23-18)14-6-4-3-5-12(14)11-17/h3-6,13,15,20H,2,7-11H2,1H3. The smallest absolute Gasteiger partial charge is 0.311 e. The first-order chi connectivity index (χ1) is 11.1. The van der Waals surface area contributed by atoms with Crippen molar-refractivity contribution < 1.29 is 14.6 Å². The van der Waals surface area contributed by atoms with Gasteiger partial charge in [-0.2, -0.15) is 0 Å². The van der Waals surface area contributed by atoms with Gasteiger partial charge in [0.2, 0.25) is 0 Å². The summed E-state index contributed by atoms with van der Waals surface area (Å²) < 4.78 is 7.45. The van der Waals surface area contributed by atoms with Crippen molar-refractivity contribution in [3.05, 3.63) is 29.8 Å². The second-order valence-electron chi connectivity index (χ2n) is 6.43. The molecule has 0 aromatic heterocycles. The Hall–Kier alpha value is -0.470. The Morgan fingerprint density at radius 3 is 3.00 bits per heavy atom. The predicted octanol–water partition coefficient (Wildman–Crippen LogP) is 3.76. The second kappa shape index (κ2) is 7.19. The van der Waals surface area contributed by atoms with E-state index < -0.39 is 6.10 Å². The summed E-state index contributed by atoms with van der Waals surface area (Å²) in [5.74, 6) is -0.615. The molecule has 6 heteroatoms. The molecule has 1 N–H and O–H groups in total. The minimum atomic E-state index is -0.617. The normalized spacial score (nSPS) is 30.1. The Labute approximate surface area is 153 Å². The lowest BCUT2D eigenvalue weighted by atomic mass is 9.75. The molecule has 1 spiro atoms. The number of halogens is 1. The summed E-state index contributed by atoms with van der Waals surface area (Å²) in [5.41, 5.74) is 2.28. The molecular formula is C17H22INO3S. The van der Waals surface area contributed by atoms with Crippen LogP contribution in [-0.4, -0.2) is 30.3 Å². The van der Waals surface area contributed by atoms with E-state index in [1.165, 1.54) is 11.3 Å². The molecule has 23 heavy (non-hydrogen) atoms. The number of para-hydroxylation sites is 1. The highest BCUT2D eigenvalue weighted by molar-refractivity contribution is 14.2. The molecule has 1 saturated carbocycles. The zero-order valence-electron chi connectivity index (χ0n) is 13.2. The lowest BCUT2D eigenvalue weighted by molar-refractivity contribution is -0.152. The van der Waals surface area contributed by atoms with Crippen LogP contribution < -0.4 is 4.31 Å². The van der Waals surface area contributed by atoms with E-state index in [1.807, 2.05) is 6.92 Å². The molecule has 1 heterocycles. The molecule has 1 aliphatic heterocycles. The Bertz CT molecular complexity index is 585. The van der Waals surface area contributed by atoms with Gasteiger partial charge >= 0.3 is 5.97 Å². The molecule has 2 aliphatic rings. The Morgan fingerprint density at radius 2 is 2.26 bits per heavy atom. The zero-order valence-corrected chi connectivity index (χ0v) is 16.2. The first-order valence-corrected chi connectivity index (χ1v) is 11.4. The van der Waals surface area contributed by atoms with E-state index in [9.17, 15) is 9.90 Å². The third-order valence-electron chi connectivity index (χ3n) is 5.25. The van der Waals surface area contributed by atoms with Crippen molar-refractivity contribution >= 4 is 42.0 Å². The van der Waals surface area contributed by atoms with E-state index in [0.717, 1.165) is 32.2 Å². The number of benzene rings is 1. The molecule has 1 aliphatic carbocycles. The molecule has 1 aromatic carbocycles. The average molecular weight is 447 g/mol. The maximum absolute atomic E-state index is 12.1. The summed E-state index contributed by atoms with van der Waals surface area (Å²) in [6, 6.07) is 8.40. The maximum Gasteiger partial charge on any atom is 0.311 e. The van der Waals surface area contributed by atoms with Gasteiger partial charge in [-0.1, -0.05) is 18.2 Å². The van der Waals surface area contributed by atoms with Crippen molar-refractivity contribution in [3.63, 3.8) is 0 Å². The van der Waals surface area contributed by atoms with Gasteiger partial charge in [0.1, 0.15) is 0 Å². The molecule has 4 nitrogen and oxygen atoms in total. The first kappa shape index (κ1) is 17.4. The third-order valence-corrected chi connectivity index (χ3v) is 7.22. The fourth-order valence-corrected chi connectivity index (χ4v) is 5.67. The molecule has 1 fully saturated rings. The summed E-state index contributed by atoms with van der Waals surface area (Å²) in [6.07, 6.45) is 2.71. The number of hydrogen-bond acceptors (Lipinski definition) is 5. The summed E-state index contributed by atoms with van der Waals surface area (Å²) in [7, 11) is 1.69. The van der Waals surface area contributed by atoms with E-state index >= 15 is 0 Å². The highest BCUT2D eigenvalue weighted by Gasteiger charge is 2.51. The summed E-state index contributed by atoms with van der Waals surface area (Å²) >= 11 is 2.31. The van der Waals surface area contributed by atoms with Gasteiger partial charge in [0, 0.05) is 42.3 Å². The van der Waals surface area contributed by atoms with Crippen LogP contribution in [0.15, 0.2) is 24.3 Å². The predicted molar refractivity (Wildman–Crippen MR) is 102 cm³/mol. The van der Waals surface area contributed by atoms with Crippen LogP contribution in [0.5, 0.6) is 0 Å². The number of esters is 1. The SMILES string of the molecule is CCOC(=O)C1CCC2(CCN(SI)c3ccccc3C2)C1O. The largest absolute Gasteiger partial charge is 0.466 e. The second-order valence-corrected chi connectivity index (χ2v) is 8.19. The maximum atomic E-state index is 12.1. The number of hydrogen-bond donors (Lipinski definition) is 1. The minimum Gasteiger partial charge on any atom is -0.466 e. The topological polar surface area (TPSA) is 49.8 Å². The average Bonchev–Trinajstić information content (AvgIpc) is 2.77. The van der Waals surface area contributed by atoms with Crippen LogP contribution in [-0.2, 0) is 16.0 Å². The van der Waals surface area contributed by atoms with Crippen LogP contribution in [0, 0.1) is 11.3 Å². The van der Waals surface area contributed by atoms with Crippen molar-refractivity contribution in [2.75, 3.05) is 17.5 Å². The van der Waals surface area contributed by atoms with E-state index in [1.54, 1.807) is 9.12 Å². The quantitative estimate of drug-likeness (QED) is 0.435. The number of nitrogens with zero attached hydrogens (tertiary/aromatic N) is 1. The summed E-state index contributed by atoms with van der Waals surface area (Å²) in [6.45, 7) is 3.07. The number of aliphatic hydroxyl groups excluding tert-OH is 1. The zero-order chi connectivity index (χ0) is 16.4. The van der Waals surface area contributed by atoms with Gasteiger partial charge in [-0.15, -0.1) is 0 Å². The molecule has 126 valence electrons. The molecular weight excluding hydrogens is 425 g/mol. The van der Waals surface area contributed by atoms with E-state index in [-0.39, 0.29) is 17.3 Å². The number of anilines is 1. The molecule has 1 aromatic rings. The number of carbonyl (C=O) groups excluding carboxylic acids is 1. The number of rotatable bonds is 3. The molecule has 3 atom stereocenters. The van der Waals surface area contributed by atoms with Crippen molar-refractivity contribution in [1.29, 1.82) is 0 Å². The Balaban J connectivity index is 1.88. The van der Waals surface area contributed by atoms with Crippen molar-refractivity contribution in [2.45, 2.75) is 38.7 Å². The fourth-order valence-electron chi connectivity index (χ4n) is 4.03. The molecule has 3 rings (SSSR count). The van der Waals surface area contributed by atoms with Crippen LogP contribution in [0.4, 0.5) is 5.69 Å². The van der Waals surface area contributed by atoms with E-state index in [0.29, 0.717) is 6.61 Å². The van der Waals surface area contributed by atoms with Crippen molar-refractivity contribution in [2.24, 2.45) is 11.3 Å². The van der Waals surface area contributed by atoms with Gasteiger partial charge in [-0.05, 0) is 44.2 Å². The van der Waals surface area contributed by atoms with Gasteiger partial charge in [0.05, 0.1) is 24.3 Å². The lowest BCUT2D eigenvalue weighted by Crippen LogP contribution is -2.39. The molecule has 0 saturated heterocycles. The summed E-state index contributed by atoms with van der Waals surface area (Å²) in [4.78, 5) is 12.1. The number of carbonyl (C=O) groups is 1. The van der Waals surface area contributed by atoms with Crippen LogP contribution in [0.3, 0.4) is 0 Å². The highest BCUT2D eigenvalue weighted by atomic mass is 127. The molecule has 0 radical (unpaired) electrons. The number of fused-ring (bicyclic) bond motifs is 1. The monoisotopic (exact) mass is 447 g/mol. The molecule has 0 bridgehead atoms. The van der Waals surface area contributed by atoms with E-state index in [4.69, 9.17) is 4.74 Å². The van der Waals surface area contributed by atoms with Crippen LogP contribution >= 0.6 is 30.3 Å². The van der Waals surface area contributed by atoms with Gasteiger partial charge in [0.25, 0.3) is 0 Å². The van der Waals surface area contributed by atoms with E-state index in [2.05, 4.69) is 49.8 Å². The van der Waals surface area contributed by atoms with Crippen LogP contribution in [0.25, 0.3) is 0 Å². The number of ether oxygens (including phenoxy) is 1. The molecule has 0 amide bonds. The summed E-state index contributed by atoms with van der Waals surface area (Å²) in [5, 5.41) is 10.9. The van der Waals surface area contributed by atoms with Gasteiger partial charge in [-0.25, -0.2) is 0 Å². The fraction of sp³-hybridized carbons (Fsp3) is 0.588. The Kier molecular flexibility index (Phi) is 5.42. The van der Waals surface area contributed by atoms with Gasteiger partial charge in [0.15, 0.2) is 0 Å². The third kappa shape index (κ3) is 3.22. The lowest BCUT2D eigenvalue weighted by Gasteiger charge is -2.33.